The molecule has 2 rings (SSSR count). The maximum Gasteiger partial charge on any atom is 0.251 e. The molecule has 1 heterocycles. The Hall–Kier alpha value is -2.21. The minimum atomic E-state index is -1.22. The van der Waals surface area contributed by atoms with Gasteiger partial charge in [-0.05, 0) is 37.3 Å². The van der Waals surface area contributed by atoms with Crippen LogP contribution >= 0.6 is 0 Å². The van der Waals surface area contributed by atoms with Crippen LogP contribution in [0.15, 0.2) is 41.0 Å². The van der Waals surface area contributed by atoms with Gasteiger partial charge in [-0.2, -0.15) is 0 Å². The van der Waals surface area contributed by atoms with Crippen LogP contribution in [-0.4, -0.2) is 23.2 Å². The van der Waals surface area contributed by atoms with Crippen LogP contribution in [0.4, 0.5) is 8.78 Å². The average molecular weight is 295 g/mol. The van der Waals surface area contributed by atoms with Crippen LogP contribution in [0.1, 0.15) is 23.0 Å². The van der Waals surface area contributed by atoms with E-state index in [0.29, 0.717) is 5.76 Å². The first-order chi connectivity index (χ1) is 9.87. The van der Waals surface area contributed by atoms with E-state index in [1.54, 1.807) is 19.1 Å². The summed E-state index contributed by atoms with van der Waals surface area (Å²) in [4.78, 5) is 11.8. The molecule has 0 spiro atoms. The molecule has 0 saturated heterocycles. The first-order valence-corrected chi connectivity index (χ1v) is 6.35. The number of carbonyl (C=O) groups is 1. The van der Waals surface area contributed by atoms with Crippen LogP contribution in [0.25, 0.3) is 0 Å². The van der Waals surface area contributed by atoms with Crippen molar-refractivity contribution in [3.05, 3.63) is 59.6 Å². The Morgan fingerprint density at radius 3 is 2.71 bits per heavy atom. The lowest BCUT2D eigenvalue weighted by Gasteiger charge is -2.22. The quantitative estimate of drug-likeness (QED) is 0.889. The molecule has 1 aromatic heterocycles. The van der Waals surface area contributed by atoms with Crippen molar-refractivity contribution < 1.29 is 23.1 Å². The molecule has 21 heavy (non-hydrogen) atoms. The SMILES string of the molecule is CC(O)(CNC(=O)c1ccc(F)c(F)c1)Cc1ccco1. The fourth-order valence-electron chi connectivity index (χ4n) is 1.86. The molecule has 0 aliphatic heterocycles. The monoisotopic (exact) mass is 295 g/mol. The molecule has 1 amide bonds. The van der Waals surface area contributed by atoms with Gasteiger partial charge in [0, 0.05) is 18.5 Å². The summed E-state index contributed by atoms with van der Waals surface area (Å²) < 4.78 is 31.0. The molecule has 112 valence electrons. The van der Waals surface area contributed by atoms with E-state index in [1.807, 2.05) is 0 Å². The minimum Gasteiger partial charge on any atom is -0.469 e. The van der Waals surface area contributed by atoms with Crippen molar-refractivity contribution in [2.24, 2.45) is 0 Å². The predicted octanol–water partition coefficient (Wildman–Crippen LogP) is 2.28. The van der Waals surface area contributed by atoms with Gasteiger partial charge in [0.15, 0.2) is 11.6 Å². The van der Waals surface area contributed by atoms with Crippen LogP contribution < -0.4 is 5.32 Å². The molecule has 0 fully saturated rings. The van der Waals surface area contributed by atoms with E-state index in [1.165, 1.54) is 12.3 Å². The molecule has 1 atom stereocenters. The lowest BCUT2D eigenvalue weighted by molar-refractivity contribution is 0.0510. The lowest BCUT2D eigenvalue weighted by Crippen LogP contribution is -2.42. The number of amides is 1. The Labute approximate surface area is 120 Å². The van der Waals surface area contributed by atoms with Crippen molar-refractivity contribution in [1.29, 1.82) is 0 Å². The number of aliphatic hydroxyl groups is 1. The largest absolute Gasteiger partial charge is 0.469 e. The van der Waals surface area contributed by atoms with Gasteiger partial charge >= 0.3 is 0 Å². The molecular formula is C15H15F2NO3. The second-order valence-electron chi connectivity index (χ2n) is 5.06. The summed E-state index contributed by atoms with van der Waals surface area (Å²) in [6, 6.07) is 6.28. The van der Waals surface area contributed by atoms with Crippen LogP contribution in [0.3, 0.4) is 0 Å². The van der Waals surface area contributed by atoms with Crippen LogP contribution in [0, 0.1) is 11.6 Å². The summed E-state index contributed by atoms with van der Waals surface area (Å²) >= 11 is 0. The number of benzene rings is 1. The molecule has 2 aromatic rings. The topological polar surface area (TPSA) is 62.5 Å². The zero-order valence-corrected chi connectivity index (χ0v) is 11.4. The summed E-state index contributed by atoms with van der Waals surface area (Å²) in [5.41, 5.74) is -1.23. The Bertz CT molecular complexity index is 624. The zero-order chi connectivity index (χ0) is 15.5. The molecule has 0 aliphatic rings. The van der Waals surface area contributed by atoms with Crippen molar-refractivity contribution in [2.45, 2.75) is 18.9 Å². The Morgan fingerprint density at radius 2 is 2.10 bits per heavy atom. The normalized spacial score (nSPS) is 13.7. The summed E-state index contributed by atoms with van der Waals surface area (Å²) in [5, 5.41) is 12.7. The standard InChI is InChI=1S/C15H15F2NO3/c1-15(20,8-11-3-2-6-21-11)9-18-14(19)10-4-5-12(16)13(17)7-10/h2-7,20H,8-9H2,1H3,(H,18,19). The lowest BCUT2D eigenvalue weighted by atomic mass is 10.0. The van der Waals surface area contributed by atoms with Crippen LogP contribution in [-0.2, 0) is 6.42 Å². The molecule has 6 heteroatoms. The van der Waals surface area contributed by atoms with Gasteiger partial charge in [0.2, 0.25) is 0 Å². The third-order valence-corrected chi connectivity index (χ3v) is 2.95. The maximum atomic E-state index is 13.0. The highest BCUT2D eigenvalue weighted by atomic mass is 19.2. The van der Waals surface area contributed by atoms with Gasteiger partial charge < -0.3 is 14.8 Å². The first-order valence-electron chi connectivity index (χ1n) is 6.35. The number of nitrogens with one attached hydrogen (secondary N) is 1. The van der Waals surface area contributed by atoms with Crippen molar-refractivity contribution in [3.8, 4) is 0 Å². The predicted molar refractivity (Wildman–Crippen MR) is 71.7 cm³/mol. The number of hydrogen-bond acceptors (Lipinski definition) is 3. The maximum absolute atomic E-state index is 13.0. The van der Waals surface area contributed by atoms with Gasteiger partial charge in [0.05, 0.1) is 11.9 Å². The van der Waals surface area contributed by atoms with Crippen molar-refractivity contribution in [3.63, 3.8) is 0 Å². The summed E-state index contributed by atoms with van der Waals surface area (Å²) in [7, 11) is 0. The summed E-state index contributed by atoms with van der Waals surface area (Å²) in [6.45, 7) is 1.49. The summed E-state index contributed by atoms with van der Waals surface area (Å²) in [6.07, 6.45) is 1.71. The molecule has 0 radical (unpaired) electrons. The second-order valence-corrected chi connectivity index (χ2v) is 5.06. The van der Waals surface area contributed by atoms with E-state index in [-0.39, 0.29) is 18.5 Å². The average Bonchev–Trinajstić information content (AvgIpc) is 2.91. The Kier molecular flexibility index (Phi) is 4.37. The second kappa shape index (κ2) is 6.05. The van der Waals surface area contributed by atoms with E-state index in [9.17, 15) is 18.7 Å². The van der Waals surface area contributed by atoms with Gasteiger partial charge in [-0.15, -0.1) is 0 Å². The smallest absolute Gasteiger partial charge is 0.251 e. The molecule has 1 unspecified atom stereocenters. The molecule has 4 nitrogen and oxygen atoms in total. The highest BCUT2D eigenvalue weighted by Crippen LogP contribution is 2.13. The molecule has 1 aromatic carbocycles. The number of carbonyl (C=O) groups excluding carboxylic acids is 1. The highest BCUT2D eigenvalue weighted by molar-refractivity contribution is 5.94. The van der Waals surface area contributed by atoms with Gasteiger partial charge in [-0.3, -0.25) is 4.79 Å². The van der Waals surface area contributed by atoms with E-state index in [2.05, 4.69) is 5.32 Å². The summed E-state index contributed by atoms with van der Waals surface area (Å²) in [5.74, 6) is -2.11. The molecule has 0 saturated carbocycles. The molecule has 0 bridgehead atoms. The van der Waals surface area contributed by atoms with E-state index >= 15 is 0 Å². The Balaban J connectivity index is 1.95. The molecular weight excluding hydrogens is 280 g/mol. The number of halogens is 2. The van der Waals surface area contributed by atoms with E-state index in [4.69, 9.17) is 4.42 Å². The Morgan fingerprint density at radius 1 is 1.33 bits per heavy atom. The number of hydrogen-bond donors (Lipinski definition) is 2. The number of furan rings is 1. The number of rotatable bonds is 5. The zero-order valence-electron chi connectivity index (χ0n) is 11.4. The molecule has 0 aliphatic carbocycles. The third kappa shape index (κ3) is 4.13. The van der Waals surface area contributed by atoms with E-state index in [0.717, 1.165) is 12.1 Å². The fourth-order valence-corrected chi connectivity index (χ4v) is 1.86. The van der Waals surface area contributed by atoms with Gasteiger partial charge in [0.1, 0.15) is 5.76 Å². The van der Waals surface area contributed by atoms with Crippen molar-refractivity contribution >= 4 is 5.91 Å². The van der Waals surface area contributed by atoms with Gasteiger partial charge in [-0.25, -0.2) is 8.78 Å². The minimum absolute atomic E-state index is 0.0114. The molecule has 2 N–H and O–H groups in total. The first kappa shape index (κ1) is 15.2. The van der Waals surface area contributed by atoms with Crippen LogP contribution in [0.2, 0.25) is 0 Å². The highest BCUT2D eigenvalue weighted by Gasteiger charge is 2.23. The van der Waals surface area contributed by atoms with Crippen molar-refractivity contribution in [1.82, 2.24) is 5.32 Å². The van der Waals surface area contributed by atoms with E-state index < -0.39 is 23.1 Å². The van der Waals surface area contributed by atoms with Crippen molar-refractivity contribution in [2.75, 3.05) is 6.54 Å². The fraction of sp³-hybridized carbons (Fsp3) is 0.267. The van der Waals surface area contributed by atoms with Gasteiger partial charge in [0.25, 0.3) is 5.91 Å². The third-order valence-electron chi connectivity index (χ3n) is 2.95. The van der Waals surface area contributed by atoms with Gasteiger partial charge in [-0.1, -0.05) is 0 Å². The van der Waals surface area contributed by atoms with Crippen LogP contribution in [0.5, 0.6) is 0 Å².